The fraction of sp³-hybridized carbons (Fsp3) is 0.0667. The highest BCUT2D eigenvalue weighted by molar-refractivity contribution is 5.83. The van der Waals surface area contributed by atoms with Crippen LogP contribution in [0.4, 0.5) is 13.2 Å². The van der Waals surface area contributed by atoms with Gasteiger partial charge in [-0.15, -0.1) is 13.2 Å². The third-order valence-electron chi connectivity index (χ3n) is 2.73. The van der Waals surface area contributed by atoms with E-state index in [-0.39, 0.29) is 5.56 Å². The van der Waals surface area contributed by atoms with Crippen LogP contribution in [-0.2, 0) is 0 Å². The third kappa shape index (κ3) is 2.47. The largest absolute Gasteiger partial charge is 0.573 e. The van der Waals surface area contributed by atoms with Crippen molar-refractivity contribution >= 4 is 11.0 Å². The molecule has 2 nitrogen and oxygen atoms in total. The second kappa shape index (κ2) is 4.59. The Kier molecular flexibility index (Phi) is 2.89. The van der Waals surface area contributed by atoms with E-state index in [4.69, 9.17) is 4.42 Å². The van der Waals surface area contributed by atoms with Crippen LogP contribution >= 0.6 is 0 Å². The van der Waals surface area contributed by atoms with Gasteiger partial charge in [0.25, 0.3) is 0 Å². The monoisotopic (exact) mass is 277 g/mol. The Morgan fingerprint density at radius 3 is 2.60 bits per heavy atom. The fourth-order valence-corrected chi connectivity index (χ4v) is 1.93. The summed E-state index contributed by atoms with van der Waals surface area (Å²) in [5.74, 6) is -0.0960. The van der Waals surface area contributed by atoms with E-state index >= 15 is 0 Å². The SMILES string of the molecule is FC(F)(F)Oc1[c]cccc1-c1cc2ccccc2o1. The Hall–Kier alpha value is -2.43. The van der Waals surface area contributed by atoms with Crippen molar-refractivity contribution in [3.63, 3.8) is 0 Å². The molecule has 0 aliphatic rings. The summed E-state index contributed by atoms with van der Waals surface area (Å²) in [7, 11) is 0. The van der Waals surface area contributed by atoms with Gasteiger partial charge in [-0.2, -0.15) is 0 Å². The van der Waals surface area contributed by atoms with Crippen LogP contribution in [0.25, 0.3) is 22.3 Å². The number of alkyl halides is 3. The minimum atomic E-state index is -4.77. The van der Waals surface area contributed by atoms with Gasteiger partial charge >= 0.3 is 6.36 Å². The lowest BCUT2D eigenvalue weighted by Gasteiger charge is -2.11. The average Bonchev–Trinajstić information content (AvgIpc) is 2.81. The normalized spacial score (nSPS) is 11.8. The molecule has 0 bridgehead atoms. The standard InChI is InChI=1S/C15H8F3O2/c16-15(17,18)20-13-8-4-2-6-11(13)14-9-10-5-1-3-7-12(10)19-14/h1-7,9H. The van der Waals surface area contributed by atoms with Crippen LogP contribution in [0.1, 0.15) is 0 Å². The highest BCUT2D eigenvalue weighted by Gasteiger charge is 2.32. The first-order valence-electron chi connectivity index (χ1n) is 5.78. The van der Waals surface area contributed by atoms with E-state index in [1.807, 2.05) is 12.1 Å². The molecule has 5 heteroatoms. The molecule has 0 aliphatic heterocycles. The highest BCUT2D eigenvalue weighted by atomic mass is 19.4. The van der Waals surface area contributed by atoms with Gasteiger partial charge in [-0.3, -0.25) is 0 Å². The molecular formula is C15H8F3O2. The van der Waals surface area contributed by atoms with E-state index in [1.54, 1.807) is 24.3 Å². The van der Waals surface area contributed by atoms with Crippen molar-refractivity contribution in [1.82, 2.24) is 0 Å². The van der Waals surface area contributed by atoms with Gasteiger partial charge in [-0.25, -0.2) is 0 Å². The topological polar surface area (TPSA) is 22.4 Å². The number of para-hydroxylation sites is 2. The molecule has 1 heterocycles. The summed E-state index contributed by atoms with van der Waals surface area (Å²) in [5, 5.41) is 0.810. The van der Waals surface area contributed by atoms with Crippen molar-refractivity contribution in [2.45, 2.75) is 6.36 Å². The highest BCUT2D eigenvalue weighted by Crippen LogP contribution is 2.36. The lowest BCUT2D eigenvalue weighted by atomic mass is 10.1. The molecule has 0 saturated heterocycles. The molecule has 0 fully saturated rings. The first-order chi connectivity index (χ1) is 9.53. The van der Waals surface area contributed by atoms with E-state index in [1.165, 1.54) is 12.1 Å². The molecule has 0 aliphatic carbocycles. The fourth-order valence-electron chi connectivity index (χ4n) is 1.93. The molecule has 0 atom stereocenters. The van der Waals surface area contributed by atoms with Gasteiger partial charge in [0, 0.05) is 11.5 Å². The van der Waals surface area contributed by atoms with Crippen LogP contribution in [0, 0.1) is 6.07 Å². The van der Waals surface area contributed by atoms with Crippen LogP contribution in [0.15, 0.2) is 52.9 Å². The second-order valence-corrected chi connectivity index (χ2v) is 4.11. The minimum Gasteiger partial charge on any atom is -0.456 e. The molecule has 0 amide bonds. The molecular weight excluding hydrogens is 269 g/mol. The van der Waals surface area contributed by atoms with Crippen molar-refractivity contribution in [3.05, 3.63) is 54.6 Å². The molecule has 2 aromatic carbocycles. The lowest BCUT2D eigenvalue weighted by molar-refractivity contribution is -0.274. The van der Waals surface area contributed by atoms with E-state index in [0.29, 0.717) is 11.3 Å². The number of fused-ring (bicyclic) bond motifs is 1. The number of furan rings is 1. The number of rotatable bonds is 2. The smallest absolute Gasteiger partial charge is 0.456 e. The van der Waals surface area contributed by atoms with Crippen LogP contribution in [0.2, 0.25) is 0 Å². The van der Waals surface area contributed by atoms with E-state index in [9.17, 15) is 13.2 Å². The minimum absolute atomic E-state index is 0.209. The first-order valence-corrected chi connectivity index (χ1v) is 5.78. The Labute approximate surface area is 112 Å². The van der Waals surface area contributed by atoms with E-state index in [2.05, 4.69) is 10.8 Å². The predicted octanol–water partition coefficient (Wildman–Crippen LogP) is 4.80. The number of ether oxygens (including phenoxy) is 1. The van der Waals surface area contributed by atoms with Gasteiger partial charge in [-0.1, -0.05) is 30.3 Å². The predicted molar refractivity (Wildman–Crippen MR) is 67.2 cm³/mol. The molecule has 3 rings (SSSR count). The Bertz CT molecular complexity index is 711. The molecule has 20 heavy (non-hydrogen) atoms. The zero-order valence-corrected chi connectivity index (χ0v) is 10.1. The van der Waals surface area contributed by atoms with Gasteiger partial charge in [0.15, 0.2) is 0 Å². The van der Waals surface area contributed by atoms with Crippen LogP contribution < -0.4 is 4.74 Å². The molecule has 1 aromatic heterocycles. The Morgan fingerprint density at radius 2 is 1.85 bits per heavy atom. The van der Waals surface area contributed by atoms with Gasteiger partial charge in [-0.05, 0) is 18.2 Å². The van der Waals surface area contributed by atoms with Gasteiger partial charge < -0.3 is 9.15 Å². The maximum Gasteiger partial charge on any atom is 0.573 e. The first kappa shape index (κ1) is 12.6. The maximum atomic E-state index is 12.4. The average molecular weight is 277 g/mol. The van der Waals surface area contributed by atoms with Crippen molar-refractivity contribution in [1.29, 1.82) is 0 Å². The van der Waals surface area contributed by atoms with E-state index < -0.39 is 12.1 Å². The van der Waals surface area contributed by atoms with Crippen LogP contribution in [0.5, 0.6) is 5.75 Å². The lowest BCUT2D eigenvalue weighted by Crippen LogP contribution is -2.17. The van der Waals surface area contributed by atoms with Crippen LogP contribution in [0.3, 0.4) is 0 Å². The molecule has 0 unspecified atom stereocenters. The zero-order chi connectivity index (χ0) is 14.2. The summed E-state index contributed by atoms with van der Waals surface area (Å²) in [4.78, 5) is 0. The van der Waals surface area contributed by atoms with Crippen LogP contribution in [-0.4, -0.2) is 6.36 Å². The Balaban J connectivity index is 2.09. The van der Waals surface area contributed by atoms with Crippen molar-refractivity contribution in [3.8, 4) is 17.1 Å². The Morgan fingerprint density at radius 1 is 1.05 bits per heavy atom. The summed E-state index contributed by atoms with van der Waals surface area (Å²) in [6, 6.07) is 15.7. The number of halogens is 3. The van der Waals surface area contributed by atoms with Gasteiger partial charge in [0.1, 0.15) is 17.1 Å². The third-order valence-corrected chi connectivity index (χ3v) is 2.73. The molecule has 101 valence electrons. The number of benzene rings is 2. The summed E-state index contributed by atoms with van der Waals surface area (Å²) in [6.07, 6.45) is -4.77. The number of hydrogen-bond donors (Lipinski definition) is 0. The van der Waals surface area contributed by atoms with E-state index in [0.717, 1.165) is 5.39 Å². The zero-order valence-electron chi connectivity index (χ0n) is 10.1. The molecule has 0 saturated carbocycles. The molecule has 1 radical (unpaired) electrons. The summed E-state index contributed by atoms with van der Waals surface area (Å²) in [6.45, 7) is 0. The summed E-state index contributed by atoms with van der Waals surface area (Å²) >= 11 is 0. The summed E-state index contributed by atoms with van der Waals surface area (Å²) in [5.41, 5.74) is 0.810. The number of hydrogen-bond acceptors (Lipinski definition) is 2. The van der Waals surface area contributed by atoms with Crippen molar-refractivity contribution in [2.24, 2.45) is 0 Å². The van der Waals surface area contributed by atoms with Gasteiger partial charge in [0.2, 0.25) is 0 Å². The maximum absolute atomic E-state index is 12.4. The van der Waals surface area contributed by atoms with Crippen molar-refractivity contribution in [2.75, 3.05) is 0 Å². The molecule has 0 N–H and O–H groups in total. The molecule has 3 aromatic rings. The molecule has 0 spiro atoms. The van der Waals surface area contributed by atoms with Gasteiger partial charge in [0.05, 0.1) is 5.56 Å². The van der Waals surface area contributed by atoms with Crippen molar-refractivity contribution < 1.29 is 22.3 Å². The second-order valence-electron chi connectivity index (χ2n) is 4.11. The quantitative estimate of drug-likeness (QED) is 0.671. The summed E-state index contributed by atoms with van der Waals surface area (Å²) < 4.78 is 46.6.